The summed E-state index contributed by atoms with van der Waals surface area (Å²) < 4.78 is 15.6. The van der Waals surface area contributed by atoms with Gasteiger partial charge in [-0.05, 0) is 37.3 Å². The van der Waals surface area contributed by atoms with Crippen molar-refractivity contribution >= 4 is 5.97 Å². The van der Waals surface area contributed by atoms with E-state index >= 15 is 0 Å². The van der Waals surface area contributed by atoms with Gasteiger partial charge in [0.15, 0.2) is 6.29 Å². The standard InChI is InChI=1S/C15H17NO4/c1-18-15(17)12-6-4-9-16-13(12)7-5-11-20-14-8-2-3-10-19-14/h4,6,9,14H,2-3,8,10-11H2,1H3. The summed E-state index contributed by atoms with van der Waals surface area (Å²) in [6, 6.07) is 3.30. The van der Waals surface area contributed by atoms with Gasteiger partial charge >= 0.3 is 5.97 Å². The molecule has 20 heavy (non-hydrogen) atoms. The van der Waals surface area contributed by atoms with Gasteiger partial charge in [-0.15, -0.1) is 0 Å². The Hall–Kier alpha value is -1.90. The second kappa shape index (κ2) is 7.63. The number of nitrogens with zero attached hydrogens (tertiary/aromatic N) is 1. The van der Waals surface area contributed by atoms with Gasteiger partial charge in [-0.2, -0.15) is 0 Å². The minimum absolute atomic E-state index is 0.165. The lowest BCUT2D eigenvalue weighted by atomic mass is 10.2. The quantitative estimate of drug-likeness (QED) is 0.621. The smallest absolute Gasteiger partial charge is 0.340 e. The molecule has 1 unspecified atom stereocenters. The van der Waals surface area contributed by atoms with Crippen LogP contribution in [0.2, 0.25) is 0 Å². The fourth-order valence-corrected chi connectivity index (χ4v) is 1.88. The molecule has 0 saturated carbocycles. The SMILES string of the molecule is COC(=O)c1cccnc1C#CCOC1CCCCO1. The summed E-state index contributed by atoms with van der Waals surface area (Å²) >= 11 is 0. The van der Waals surface area contributed by atoms with Crippen LogP contribution >= 0.6 is 0 Å². The lowest BCUT2D eigenvalue weighted by Crippen LogP contribution is -2.22. The summed E-state index contributed by atoms with van der Waals surface area (Å²) in [6.45, 7) is 0.993. The normalized spacial score (nSPS) is 17.9. The highest BCUT2D eigenvalue weighted by Gasteiger charge is 2.13. The van der Waals surface area contributed by atoms with Crippen LogP contribution in [-0.4, -0.2) is 37.6 Å². The van der Waals surface area contributed by atoms with Crippen molar-refractivity contribution in [2.24, 2.45) is 0 Å². The third-order valence-electron chi connectivity index (χ3n) is 2.90. The van der Waals surface area contributed by atoms with Gasteiger partial charge in [0.1, 0.15) is 12.3 Å². The molecule has 1 saturated heterocycles. The highest BCUT2D eigenvalue weighted by atomic mass is 16.7. The van der Waals surface area contributed by atoms with Crippen molar-refractivity contribution in [1.29, 1.82) is 0 Å². The van der Waals surface area contributed by atoms with E-state index in [0.29, 0.717) is 11.3 Å². The number of hydrogen-bond acceptors (Lipinski definition) is 5. The first kappa shape index (κ1) is 14.5. The van der Waals surface area contributed by atoms with Crippen molar-refractivity contribution in [3.8, 4) is 11.8 Å². The van der Waals surface area contributed by atoms with Gasteiger partial charge in [0.05, 0.1) is 12.7 Å². The second-order valence-corrected chi connectivity index (χ2v) is 4.30. The molecule has 5 heteroatoms. The lowest BCUT2D eigenvalue weighted by Gasteiger charge is -2.21. The molecule has 0 bridgehead atoms. The van der Waals surface area contributed by atoms with Gasteiger partial charge in [-0.25, -0.2) is 9.78 Å². The van der Waals surface area contributed by atoms with E-state index in [9.17, 15) is 4.79 Å². The Bertz CT molecular complexity index is 512. The molecular weight excluding hydrogens is 258 g/mol. The number of esters is 1. The van der Waals surface area contributed by atoms with Gasteiger partial charge in [-0.1, -0.05) is 5.92 Å². The maximum absolute atomic E-state index is 11.5. The maximum Gasteiger partial charge on any atom is 0.340 e. The molecule has 1 aliphatic rings. The zero-order chi connectivity index (χ0) is 14.2. The number of aromatic nitrogens is 1. The van der Waals surface area contributed by atoms with E-state index < -0.39 is 5.97 Å². The van der Waals surface area contributed by atoms with Gasteiger partial charge in [0, 0.05) is 12.8 Å². The van der Waals surface area contributed by atoms with Crippen molar-refractivity contribution in [1.82, 2.24) is 4.98 Å². The summed E-state index contributed by atoms with van der Waals surface area (Å²) in [7, 11) is 1.33. The predicted molar refractivity (Wildman–Crippen MR) is 72.0 cm³/mol. The Morgan fingerprint density at radius 2 is 2.45 bits per heavy atom. The Morgan fingerprint density at radius 3 is 3.20 bits per heavy atom. The van der Waals surface area contributed by atoms with Crippen LogP contribution < -0.4 is 0 Å². The largest absolute Gasteiger partial charge is 0.465 e. The van der Waals surface area contributed by atoms with Crippen LogP contribution in [0.5, 0.6) is 0 Å². The van der Waals surface area contributed by atoms with Crippen LogP contribution in [0.3, 0.4) is 0 Å². The molecule has 106 valence electrons. The molecule has 0 aliphatic carbocycles. The third-order valence-corrected chi connectivity index (χ3v) is 2.90. The molecule has 1 aromatic heterocycles. The number of hydrogen-bond donors (Lipinski definition) is 0. The van der Waals surface area contributed by atoms with Gasteiger partial charge < -0.3 is 14.2 Å². The summed E-state index contributed by atoms with van der Waals surface area (Å²) in [5, 5.41) is 0. The van der Waals surface area contributed by atoms with E-state index in [1.165, 1.54) is 7.11 Å². The fraction of sp³-hybridized carbons (Fsp3) is 0.467. The van der Waals surface area contributed by atoms with Gasteiger partial charge in [-0.3, -0.25) is 0 Å². The van der Waals surface area contributed by atoms with Crippen molar-refractivity contribution in [3.05, 3.63) is 29.6 Å². The van der Waals surface area contributed by atoms with Gasteiger partial charge in [0.2, 0.25) is 0 Å². The van der Waals surface area contributed by atoms with Crippen LogP contribution in [0.1, 0.15) is 35.3 Å². The third kappa shape index (κ3) is 4.05. The average Bonchev–Trinajstić information content (AvgIpc) is 2.52. The zero-order valence-electron chi connectivity index (χ0n) is 11.4. The minimum atomic E-state index is -0.445. The molecule has 2 rings (SSSR count). The van der Waals surface area contributed by atoms with Crippen molar-refractivity contribution in [2.75, 3.05) is 20.3 Å². The number of carbonyl (C=O) groups excluding carboxylic acids is 1. The molecule has 0 N–H and O–H groups in total. The first-order valence-corrected chi connectivity index (χ1v) is 6.56. The molecular formula is C15H17NO4. The molecule has 0 amide bonds. The highest BCUT2D eigenvalue weighted by Crippen LogP contribution is 2.13. The van der Waals surface area contributed by atoms with Gasteiger partial charge in [0.25, 0.3) is 0 Å². The molecule has 0 radical (unpaired) electrons. The van der Waals surface area contributed by atoms with E-state index in [1.54, 1.807) is 18.3 Å². The first-order valence-electron chi connectivity index (χ1n) is 6.56. The summed E-state index contributed by atoms with van der Waals surface area (Å²) in [5.74, 6) is 5.23. The number of rotatable bonds is 3. The van der Waals surface area contributed by atoms with E-state index in [1.807, 2.05) is 0 Å². The molecule has 1 aliphatic heterocycles. The van der Waals surface area contributed by atoms with Crippen LogP contribution in [0, 0.1) is 11.8 Å². The minimum Gasteiger partial charge on any atom is -0.465 e. The van der Waals surface area contributed by atoms with Crippen LogP contribution in [-0.2, 0) is 14.2 Å². The van der Waals surface area contributed by atoms with Crippen molar-refractivity contribution in [2.45, 2.75) is 25.6 Å². The van der Waals surface area contributed by atoms with Crippen LogP contribution in [0.25, 0.3) is 0 Å². The van der Waals surface area contributed by atoms with Crippen LogP contribution in [0.4, 0.5) is 0 Å². The molecule has 1 fully saturated rings. The molecule has 0 spiro atoms. The average molecular weight is 275 g/mol. The molecule has 2 heterocycles. The van der Waals surface area contributed by atoms with Crippen molar-refractivity contribution < 1.29 is 19.0 Å². The van der Waals surface area contributed by atoms with E-state index in [0.717, 1.165) is 25.9 Å². The molecule has 5 nitrogen and oxygen atoms in total. The van der Waals surface area contributed by atoms with E-state index in [-0.39, 0.29) is 12.9 Å². The Kier molecular flexibility index (Phi) is 5.54. The van der Waals surface area contributed by atoms with E-state index in [4.69, 9.17) is 9.47 Å². The maximum atomic E-state index is 11.5. The monoisotopic (exact) mass is 275 g/mol. The molecule has 1 aromatic rings. The topological polar surface area (TPSA) is 57.7 Å². The predicted octanol–water partition coefficient (Wildman–Crippen LogP) is 1.76. The Balaban J connectivity index is 1.93. The number of methoxy groups -OCH3 is 1. The Morgan fingerprint density at radius 1 is 1.55 bits per heavy atom. The molecule has 1 atom stereocenters. The number of pyridine rings is 1. The Labute approximate surface area is 118 Å². The van der Waals surface area contributed by atoms with Crippen molar-refractivity contribution in [3.63, 3.8) is 0 Å². The highest BCUT2D eigenvalue weighted by molar-refractivity contribution is 5.91. The number of carbonyl (C=O) groups is 1. The fourth-order valence-electron chi connectivity index (χ4n) is 1.88. The summed E-state index contributed by atoms with van der Waals surface area (Å²) in [4.78, 5) is 15.6. The summed E-state index contributed by atoms with van der Waals surface area (Å²) in [6.07, 6.45) is 4.52. The van der Waals surface area contributed by atoms with Crippen LogP contribution in [0.15, 0.2) is 18.3 Å². The number of ether oxygens (including phenoxy) is 3. The first-order chi connectivity index (χ1) is 9.81. The zero-order valence-corrected chi connectivity index (χ0v) is 11.4. The second-order valence-electron chi connectivity index (χ2n) is 4.30. The summed E-state index contributed by atoms with van der Waals surface area (Å²) in [5.41, 5.74) is 0.754. The lowest BCUT2D eigenvalue weighted by molar-refractivity contribution is -0.154. The van der Waals surface area contributed by atoms with E-state index in [2.05, 4.69) is 21.6 Å². The molecule has 0 aromatic carbocycles.